The van der Waals surface area contributed by atoms with Crippen LogP contribution in [0.4, 0.5) is 21.7 Å². The van der Waals surface area contributed by atoms with Crippen LogP contribution in [0.1, 0.15) is 27.1 Å². The summed E-state index contributed by atoms with van der Waals surface area (Å²) < 4.78 is 13.9. The second kappa shape index (κ2) is 10.6. The molecule has 8 nitrogen and oxygen atoms in total. The number of benzene rings is 1. The van der Waals surface area contributed by atoms with Crippen LogP contribution in [0.5, 0.6) is 0 Å². The summed E-state index contributed by atoms with van der Waals surface area (Å²) in [6, 6.07) is 10.2. The zero-order valence-electron chi connectivity index (χ0n) is 18.6. The largest absolute Gasteiger partial charge is 0.355 e. The maximum Gasteiger partial charge on any atom is 0.259 e. The normalized spacial score (nSPS) is 14.4. The molecule has 176 valence electrons. The summed E-state index contributed by atoms with van der Waals surface area (Å²) in [6.07, 6.45) is 3.92. The van der Waals surface area contributed by atoms with E-state index in [1.54, 1.807) is 12.1 Å². The van der Waals surface area contributed by atoms with Crippen LogP contribution >= 0.6 is 11.6 Å². The molecule has 3 heterocycles. The predicted octanol–water partition coefficient (Wildman–Crippen LogP) is 3.92. The number of hydrogen-bond donors (Lipinski definition) is 2. The Morgan fingerprint density at radius 3 is 2.53 bits per heavy atom. The first-order valence-electron chi connectivity index (χ1n) is 10.8. The number of amides is 2. The number of anilines is 3. The average Bonchev–Trinajstić information content (AvgIpc) is 3.06. The molecule has 0 aliphatic carbocycles. The summed E-state index contributed by atoms with van der Waals surface area (Å²) in [4.78, 5) is 38.5. The molecular formula is C24H24ClFN6O2. The third-order valence-corrected chi connectivity index (χ3v) is 5.72. The molecule has 3 aromatic rings. The van der Waals surface area contributed by atoms with Crippen molar-refractivity contribution < 1.29 is 14.0 Å². The van der Waals surface area contributed by atoms with Gasteiger partial charge in [-0.3, -0.25) is 9.59 Å². The number of hydrogen-bond acceptors (Lipinski definition) is 6. The van der Waals surface area contributed by atoms with Crippen molar-refractivity contribution in [2.24, 2.45) is 0 Å². The van der Waals surface area contributed by atoms with Crippen LogP contribution < -0.4 is 15.5 Å². The molecule has 1 aliphatic rings. The Kier molecular flexibility index (Phi) is 7.34. The van der Waals surface area contributed by atoms with Crippen molar-refractivity contribution >= 4 is 40.7 Å². The fourth-order valence-electron chi connectivity index (χ4n) is 3.62. The molecule has 2 aromatic heterocycles. The molecule has 10 heteroatoms. The molecule has 4 rings (SSSR count). The van der Waals surface area contributed by atoms with E-state index in [0.29, 0.717) is 10.6 Å². The Bertz CT molecular complexity index is 1170. The molecule has 0 atom stereocenters. The highest BCUT2D eigenvalue weighted by Gasteiger charge is 2.18. The first-order valence-corrected chi connectivity index (χ1v) is 11.2. The quantitative estimate of drug-likeness (QED) is 0.573. The molecule has 34 heavy (non-hydrogen) atoms. The van der Waals surface area contributed by atoms with Gasteiger partial charge in [-0.25, -0.2) is 14.4 Å². The van der Waals surface area contributed by atoms with Gasteiger partial charge in [0.15, 0.2) is 0 Å². The number of aromatic nitrogens is 2. The number of carbonyl (C=O) groups excluding carboxylic acids is 2. The molecule has 2 N–H and O–H groups in total. The number of nitrogens with zero attached hydrogens (tertiary/aromatic N) is 4. The Morgan fingerprint density at radius 2 is 1.79 bits per heavy atom. The van der Waals surface area contributed by atoms with Gasteiger partial charge in [0.2, 0.25) is 0 Å². The molecule has 1 saturated heterocycles. The van der Waals surface area contributed by atoms with E-state index in [4.69, 9.17) is 11.6 Å². The number of likely N-dealkylation sites (N-methyl/N-ethyl adjacent to an activating group) is 1. The topological polar surface area (TPSA) is 90.5 Å². The summed E-state index contributed by atoms with van der Waals surface area (Å²) in [6.45, 7) is 3.76. The summed E-state index contributed by atoms with van der Waals surface area (Å²) in [5, 5.41) is 5.66. The number of halogens is 2. The third kappa shape index (κ3) is 5.86. The van der Waals surface area contributed by atoms with Gasteiger partial charge < -0.3 is 20.4 Å². The van der Waals surface area contributed by atoms with E-state index in [1.807, 2.05) is 6.07 Å². The molecule has 0 saturated carbocycles. The minimum absolute atomic E-state index is 0.0386. The van der Waals surface area contributed by atoms with Crippen molar-refractivity contribution in [3.05, 3.63) is 76.8 Å². The summed E-state index contributed by atoms with van der Waals surface area (Å²) >= 11 is 5.81. The number of carbonyl (C=O) groups is 2. The lowest BCUT2D eigenvalue weighted by Gasteiger charge is -2.21. The standard InChI is InChI=1S/C24H24ClFN6O2/c1-31-9-2-10-32(12-11-31)22-8-3-16(14-28-22)23(33)29-20-6-5-18(26)13-19(20)24(34)30-21-7-4-17(25)15-27-21/h3-8,13-15H,2,9-12H2,1H3,(H,29,33)(H,27,30,34). The van der Waals surface area contributed by atoms with Gasteiger partial charge in [0.1, 0.15) is 17.5 Å². The first-order chi connectivity index (χ1) is 16.4. The maximum atomic E-state index is 13.9. The lowest BCUT2D eigenvalue weighted by atomic mass is 10.1. The van der Waals surface area contributed by atoms with Crippen LogP contribution in [0.3, 0.4) is 0 Å². The molecule has 0 unspecified atom stereocenters. The van der Waals surface area contributed by atoms with Gasteiger partial charge in [-0.15, -0.1) is 0 Å². The molecule has 0 radical (unpaired) electrons. The van der Waals surface area contributed by atoms with Crippen molar-refractivity contribution in [3.8, 4) is 0 Å². The van der Waals surface area contributed by atoms with Crippen LogP contribution in [-0.4, -0.2) is 59.9 Å². The minimum atomic E-state index is -0.621. The van der Waals surface area contributed by atoms with Gasteiger partial charge in [-0.1, -0.05) is 11.6 Å². The van der Waals surface area contributed by atoms with Crippen LogP contribution in [0.2, 0.25) is 5.02 Å². The maximum absolute atomic E-state index is 13.9. The second-order valence-electron chi connectivity index (χ2n) is 8.01. The van der Waals surface area contributed by atoms with Gasteiger partial charge in [0.25, 0.3) is 11.8 Å². The highest BCUT2D eigenvalue weighted by atomic mass is 35.5. The van der Waals surface area contributed by atoms with Gasteiger partial charge in [0, 0.05) is 32.0 Å². The van der Waals surface area contributed by atoms with Gasteiger partial charge >= 0.3 is 0 Å². The Labute approximate surface area is 201 Å². The van der Waals surface area contributed by atoms with E-state index in [1.165, 1.54) is 30.6 Å². The van der Waals surface area contributed by atoms with Crippen molar-refractivity contribution in [1.82, 2.24) is 14.9 Å². The lowest BCUT2D eigenvalue weighted by Crippen LogP contribution is -2.29. The Balaban J connectivity index is 1.47. The third-order valence-electron chi connectivity index (χ3n) is 5.50. The molecular weight excluding hydrogens is 459 g/mol. The van der Waals surface area contributed by atoms with E-state index < -0.39 is 17.6 Å². The molecule has 0 spiro atoms. The van der Waals surface area contributed by atoms with Crippen LogP contribution in [0.15, 0.2) is 54.9 Å². The van der Waals surface area contributed by atoms with Crippen molar-refractivity contribution in [2.45, 2.75) is 6.42 Å². The number of pyridine rings is 2. The number of nitrogens with one attached hydrogen (secondary N) is 2. The molecule has 1 aromatic carbocycles. The Morgan fingerprint density at radius 1 is 0.941 bits per heavy atom. The summed E-state index contributed by atoms with van der Waals surface area (Å²) in [5.41, 5.74) is 0.451. The predicted molar refractivity (Wildman–Crippen MR) is 130 cm³/mol. The van der Waals surface area contributed by atoms with E-state index in [0.717, 1.165) is 44.5 Å². The van der Waals surface area contributed by atoms with E-state index in [-0.39, 0.29) is 17.1 Å². The highest BCUT2D eigenvalue weighted by molar-refractivity contribution is 6.30. The summed E-state index contributed by atoms with van der Waals surface area (Å²) in [5.74, 6) is -0.634. The lowest BCUT2D eigenvalue weighted by molar-refractivity contribution is 0.102. The van der Waals surface area contributed by atoms with Crippen LogP contribution in [0.25, 0.3) is 0 Å². The summed E-state index contributed by atoms with van der Waals surface area (Å²) in [7, 11) is 2.10. The van der Waals surface area contributed by atoms with E-state index >= 15 is 0 Å². The SMILES string of the molecule is CN1CCCN(c2ccc(C(=O)Nc3ccc(F)cc3C(=O)Nc3ccc(Cl)cn3)cn2)CC1. The van der Waals surface area contributed by atoms with E-state index in [2.05, 4.69) is 37.4 Å². The average molecular weight is 483 g/mol. The van der Waals surface area contributed by atoms with Crippen LogP contribution in [0, 0.1) is 5.82 Å². The zero-order valence-corrected chi connectivity index (χ0v) is 19.3. The minimum Gasteiger partial charge on any atom is -0.355 e. The van der Waals surface area contributed by atoms with Gasteiger partial charge in [-0.05, 0) is 62.5 Å². The second-order valence-corrected chi connectivity index (χ2v) is 8.45. The van der Waals surface area contributed by atoms with Crippen molar-refractivity contribution in [1.29, 1.82) is 0 Å². The molecule has 2 amide bonds. The first kappa shape index (κ1) is 23.6. The Hall–Kier alpha value is -3.56. The van der Waals surface area contributed by atoms with Crippen LogP contribution in [-0.2, 0) is 0 Å². The van der Waals surface area contributed by atoms with Gasteiger partial charge in [0.05, 0.1) is 21.8 Å². The smallest absolute Gasteiger partial charge is 0.259 e. The fraction of sp³-hybridized carbons (Fsp3) is 0.250. The fourth-order valence-corrected chi connectivity index (χ4v) is 3.74. The highest BCUT2D eigenvalue weighted by Crippen LogP contribution is 2.21. The molecule has 1 aliphatic heterocycles. The van der Waals surface area contributed by atoms with Gasteiger partial charge in [-0.2, -0.15) is 0 Å². The molecule has 1 fully saturated rings. The molecule has 0 bridgehead atoms. The zero-order chi connectivity index (χ0) is 24.1. The van der Waals surface area contributed by atoms with Crippen molar-refractivity contribution in [2.75, 3.05) is 48.8 Å². The number of rotatable bonds is 5. The van der Waals surface area contributed by atoms with Crippen molar-refractivity contribution in [3.63, 3.8) is 0 Å². The monoisotopic (exact) mass is 482 g/mol. The van der Waals surface area contributed by atoms with E-state index in [9.17, 15) is 14.0 Å².